The van der Waals surface area contributed by atoms with Gasteiger partial charge < -0.3 is 18.9 Å². The van der Waals surface area contributed by atoms with Crippen LogP contribution in [0.3, 0.4) is 0 Å². The molecule has 3 aliphatic rings. The molecule has 0 bridgehead atoms. The van der Waals surface area contributed by atoms with Gasteiger partial charge in [-0.1, -0.05) is 60.7 Å². The van der Waals surface area contributed by atoms with Gasteiger partial charge in [-0.15, -0.1) is 0 Å². The SMILES string of the molecule is c1ccc2c(c1)OB1Oc3ccccc3-c3cc(N4c5ccccc5Oc5ccccc54)cc-2c31. The molecule has 5 aromatic rings. The fourth-order valence-electron chi connectivity index (χ4n) is 5.41. The molecule has 0 radical (unpaired) electrons. The molecule has 0 aromatic heterocycles. The van der Waals surface area contributed by atoms with Gasteiger partial charge in [-0.25, -0.2) is 0 Å². The molecule has 0 saturated heterocycles. The molecular weight excluding hydrogens is 433 g/mol. The normalized spacial score (nSPS) is 13.7. The number of rotatable bonds is 1. The Balaban J connectivity index is 1.45. The van der Waals surface area contributed by atoms with Gasteiger partial charge in [0.1, 0.15) is 11.5 Å². The van der Waals surface area contributed by atoms with Gasteiger partial charge in [0.15, 0.2) is 11.5 Å². The first kappa shape index (κ1) is 18.8. The van der Waals surface area contributed by atoms with E-state index < -0.39 is 7.12 Å². The van der Waals surface area contributed by atoms with E-state index in [9.17, 15) is 0 Å². The predicted octanol–water partition coefficient (Wildman–Crippen LogP) is 7.08. The Labute approximate surface area is 203 Å². The van der Waals surface area contributed by atoms with Crippen molar-refractivity contribution in [1.29, 1.82) is 0 Å². The zero-order valence-electron chi connectivity index (χ0n) is 18.6. The first-order chi connectivity index (χ1) is 17.3. The monoisotopic (exact) mass is 451 g/mol. The van der Waals surface area contributed by atoms with Gasteiger partial charge in [-0.2, -0.15) is 0 Å². The van der Waals surface area contributed by atoms with E-state index >= 15 is 0 Å². The highest BCUT2D eigenvalue weighted by Crippen LogP contribution is 2.52. The van der Waals surface area contributed by atoms with Crippen molar-refractivity contribution < 1.29 is 14.0 Å². The largest absolute Gasteiger partial charge is 0.633 e. The summed E-state index contributed by atoms with van der Waals surface area (Å²) in [5, 5.41) is 0. The van der Waals surface area contributed by atoms with Crippen molar-refractivity contribution in [3.05, 3.63) is 109 Å². The number of benzene rings is 5. The molecular formula is C30H18BNO3. The second-order valence-electron chi connectivity index (χ2n) is 8.89. The number of fused-ring (bicyclic) bond motifs is 6. The van der Waals surface area contributed by atoms with Crippen LogP contribution in [-0.2, 0) is 0 Å². The smallest absolute Gasteiger partial charge is 0.521 e. The zero-order chi connectivity index (χ0) is 22.9. The molecule has 5 heteroatoms. The summed E-state index contributed by atoms with van der Waals surface area (Å²) in [6, 6.07) is 37.2. The van der Waals surface area contributed by atoms with Gasteiger partial charge in [-0.3, -0.25) is 0 Å². The van der Waals surface area contributed by atoms with Crippen molar-refractivity contribution in [2.24, 2.45) is 0 Å². The van der Waals surface area contributed by atoms with Crippen LogP contribution in [0.1, 0.15) is 0 Å². The van der Waals surface area contributed by atoms with Crippen molar-refractivity contribution in [2.75, 3.05) is 4.90 Å². The van der Waals surface area contributed by atoms with Gasteiger partial charge in [0.25, 0.3) is 0 Å². The minimum Gasteiger partial charge on any atom is -0.521 e. The van der Waals surface area contributed by atoms with Gasteiger partial charge >= 0.3 is 7.12 Å². The van der Waals surface area contributed by atoms with Gasteiger partial charge in [0, 0.05) is 22.3 Å². The Morgan fingerprint density at radius 2 is 0.943 bits per heavy atom. The van der Waals surface area contributed by atoms with Crippen molar-refractivity contribution >= 4 is 29.6 Å². The Morgan fingerprint density at radius 1 is 0.486 bits per heavy atom. The van der Waals surface area contributed by atoms with Gasteiger partial charge in [0.2, 0.25) is 0 Å². The molecule has 3 aliphatic heterocycles. The standard InChI is InChI=1S/C30H18BNO3/c1-5-13-26-20(9-1)22-17-19(18-23-21-10-2-6-14-27(21)35-31(34-26)30(22)23)32-24-11-3-7-15-28(24)33-29-16-8-4-12-25(29)32/h1-18H. The molecule has 8 rings (SSSR count). The first-order valence-corrected chi connectivity index (χ1v) is 11.7. The average molecular weight is 451 g/mol. The molecule has 0 spiro atoms. The van der Waals surface area contributed by atoms with Crippen molar-refractivity contribution in [3.63, 3.8) is 0 Å². The predicted molar refractivity (Wildman–Crippen MR) is 139 cm³/mol. The second kappa shape index (κ2) is 6.94. The number of ether oxygens (including phenoxy) is 1. The third kappa shape index (κ3) is 2.63. The summed E-state index contributed by atoms with van der Waals surface area (Å²) < 4.78 is 18.9. The summed E-state index contributed by atoms with van der Waals surface area (Å²) in [4.78, 5) is 2.29. The number of hydrogen-bond acceptors (Lipinski definition) is 4. The minimum absolute atomic E-state index is 0.483. The van der Waals surface area contributed by atoms with Crippen LogP contribution in [-0.4, -0.2) is 7.12 Å². The summed E-state index contributed by atoms with van der Waals surface area (Å²) >= 11 is 0. The Kier molecular flexibility index (Phi) is 3.72. The summed E-state index contributed by atoms with van der Waals surface area (Å²) in [6.07, 6.45) is 0. The molecule has 0 aliphatic carbocycles. The van der Waals surface area contributed by atoms with Crippen LogP contribution in [0.5, 0.6) is 23.0 Å². The molecule has 3 heterocycles. The lowest BCUT2D eigenvalue weighted by atomic mass is 9.66. The maximum absolute atomic E-state index is 6.34. The van der Waals surface area contributed by atoms with E-state index in [2.05, 4.69) is 53.4 Å². The van der Waals surface area contributed by atoms with Crippen LogP contribution in [0.4, 0.5) is 17.1 Å². The summed E-state index contributed by atoms with van der Waals surface area (Å²) in [5.74, 6) is 3.33. The lowest BCUT2D eigenvalue weighted by molar-refractivity contribution is 0.436. The van der Waals surface area contributed by atoms with Crippen LogP contribution in [0.25, 0.3) is 22.3 Å². The molecule has 0 N–H and O–H groups in total. The third-order valence-corrected chi connectivity index (χ3v) is 6.91. The lowest BCUT2D eigenvalue weighted by Crippen LogP contribution is -2.49. The maximum atomic E-state index is 6.34. The first-order valence-electron chi connectivity index (χ1n) is 11.7. The molecule has 0 atom stereocenters. The van der Waals surface area contributed by atoms with E-state index in [-0.39, 0.29) is 0 Å². The van der Waals surface area contributed by atoms with Crippen LogP contribution in [0.2, 0.25) is 0 Å². The maximum Gasteiger partial charge on any atom is 0.633 e. The number of para-hydroxylation sites is 6. The topological polar surface area (TPSA) is 30.9 Å². The second-order valence-corrected chi connectivity index (χ2v) is 8.89. The summed E-state index contributed by atoms with van der Waals surface area (Å²) in [7, 11) is -0.483. The Hall–Kier alpha value is -4.64. The van der Waals surface area contributed by atoms with Crippen LogP contribution >= 0.6 is 0 Å². The van der Waals surface area contributed by atoms with Crippen molar-refractivity contribution in [2.45, 2.75) is 0 Å². The number of nitrogens with zero attached hydrogens (tertiary/aromatic N) is 1. The Morgan fingerprint density at radius 3 is 1.49 bits per heavy atom. The van der Waals surface area contributed by atoms with E-state index in [1.54, 1.807) is 0 Å². The molecule has 0 amide bonds. The highest BCUT2D eigenvalue weighted by atomic mass is 16.6. The molecule has 0 unspecified atom stereocenters. The minimum atomic E-state index is -0.483. The zero-order valence-corrected chi connectivity index (χ0v) is 18.6. The lowest BCUT2D eigenvalue weighted by Gasteiger charge is -2.36. The van der Waals surface area contributed by atoms with E-state index in [1.165, 1.54) is 0 Å². The highest BCUT2D eigenvalue weighted by Gasteiger charge is 2.42. The fraction of sp³-hybridized carbons (Fsp3) is 0. The third-order valence-electron chi connectivity index (χ3n) is 6.91. The molecule has 4 nitrogen and oxygen atoms in total. The molecule has 164 valence electrons. The van der Waals surface area contributed by atoms with Crippen LogP contribution < -0.4 is 24.4 Å². The Bertz CT molecular complexity index is 1550. The summed E-state index contributed by atoms with van der Waals surface area (Å²) in [6.45, 7) is 0. The van der Waals surface area contributed by atoms with Crippen LogP contribution in [0, 0.1) is 0 Å². The fourth-order valence-corrected chi connectivity index (χ4v) is 5.41. The molecule has 5 aromatic carbocycles. The average Bonchev–Trinajstić information content (AvgIpc) is 2.91. The highest BCUT2D eigenvalue weighted by molar-refractivity contribution is 6.68. The van der Waals surface area contributed by atoms with Gasteiger partial charge in [-0.05, 0) is 59.7 Å². The van der Waals surface area contributed by atoms with Crippen molar-refractivity contribution in [3.8, 4) is 45.3 Å². The number of hydrogen-bond donors (Lipinski definition) is 0. The van der Waals surface area contributed by atoms with E-state index in [1.807, 2.05) is 60.7 Å². The van der Waals surface area contributed by atoms with Crippen LogP contribution in [0.15, 0.2) is 109 Å². The summed E-state index contributed by atoms with van der Waals surface area (Å²) in [5.41, 5.74) is 8.54. The van der Waals surface area contributed by atoms with Crippen molar-refractivity contribution in [1.82, 2.24) is 0 Å². The molecule has 0 saturated carbocycles. The molecule has 0 fully saturated rings. The van der Waals surface area contributed by atoms with E-state index in [4.69, 9.17) is 14.0 Å². The quantitative estimate of drug-likeness (QED) is 0.250. The van der Waals surface area contributed by atoms with E-state index in [0.29, 0.717) is 0 Å². The van der Waals surface area contributed by atoms with E-state index in [0.717, 1.165) is 67.8 Å². The van der Waals surface area contributed by atoms with Gasteiger partial charge in [0.05, 0.1) is 11.4 Å². The number of anilines is 3. The molecule has 35 heavy (non-hydrogen) atoms.